The highest BCUT2D eigenvalue weighted by molar-refractivity contribution is 5.73. The first-order valence-corrected chi connectivity index (χ1v) is 4.46. The van der Waals surface area contributed by atoms with E-state index in [0.717, 1.165) is 6.42 Å². The molecule has 1 aliphatic carbocycles. The summed E-state index contributed by atoms with van der Waals surface area (Å²) in [6.07, 6.45) is -0.382. The van der Waals surface area contributed by atoms with Crippen molar-refractivity contribution in [1.82, 2.24) is 0 Å². The van der Waals surface area contributed by atoms with E-state index < -0.39 is 12.1 Å². The molecule has 3 nitrogen and oxygen atoms in total. The van der Waals surface area contributed by atoms with Crippen molar-refractivity contribution in [1.29, 1.82) is 0 Å². The molecule has 0 aromatic rings. The molecule has 0 aliphatic heterocycles. The van der Waals surface area contributed by atoms with Crippen LogP contribution in [0.3, 0.4) is 0 Å². The summed E-state index contributed by atoms with van der Waals surface area (Å²) >= 11 is 0. The molecule has 0 bridgehead atoms. The Bertz CT molecular complexity index is 238. The summed E-state index contributed by atoms with van der Waals surface area (Å²) in [7, 11) is 0. The molecule has 3 N–H and O–H groups in total. The minimum atomic E-state index is -5.08. The molecule has 0 aromatic carbocycles. The van der Waals surface area contributed by atoms with Gasteiger partial charge >= 0.3 is 12.1 Å². The highest BCUT2D eigenvalue weighted by Gasteiger charge is 2.38. The average Bonchev–Trinajstić information content (AvgIpc) is 2.02. The number of rotatable bonds is 0. The molecular formula is C9H14F3NO2. The summed E-state index contributed by atoms with van der Waals surface area (Å²) in [6, 6.07) is 0.413. The molecule has 1 fully saturated rings. The fraction of sp³-hybridized carbons (Fsp3) is 0.667. The predicted octanol–water partition coefficient (Wildman–Crippen LogP) is 2.08. The van der Waals surface area contributed by atoms with Crippen LogP contribution in [0.15, 0.2) is 12.2 Å². The Hall–Kier alpha value is -1.04. The molecule has 0 amide bonds. The van der Waals surface area contributed by atoms with Gasteiger partial charge in [0.1, 0.15) is 0 Å². The first-order chi connectivity index (χ1) is 6.73. The van der Waals surface area contributed by atoms with Crippen LogP contribution in [-0.2, 0) is 4.79 Å². The van der Waals surface area contributed by atoms with Gasteiger partial charge in [0.25, 0.3) is 0 Å². The maximum Gasteiger partial charge on any atom is 0.490 e. The second-order valence-electron chi connectivity index (χ2n) is 3.41. The van der Waals surface area contributed by atoms with E-state index in [4.69, 9.17) is 15.6 Å². The number of aliphatic carboxylic acids is 1. The van der Waals surface area contributed by atoms with Crippen LogP contribution in [0.5, 0.6) is 0 Å². The van der Waals surface area contributed by atoms with E-state index in [1.165, 1.54) is 24.8 Å². The maximum absolute atomic E-state index is 10.6. The van der Waals surface area contributed by atoms with Crippen LogP contribution in [-0.4, -0.2) is 23.3 Å². The zero-order valence-corrected chi connectivity index (χ0v) is 8.18. The molecule has 1 rings (SSSR count). The molecule has 0 saturated heterocycles. The number of alkyl halides is 3. The second kappa shape index (κ2) is 5.75. The Kier molecular flexibility index (Phi) is 5.35. The van der Waals surface area contributed by atoms with Gasteiger partial charge in [0.05, 0.1) is 0 Å². The molecule has 1 atom stereocenters. The van der Waals surface area contributed by atoms with Crippen molar-refractivity contribution in [3.05, 3.63) is 12.2 Å². The highest BCUT2D eigenvalue weighted by atomic mass is 19.4. The van der Waals surface area contributed by atoms with Gasteiger partial charge in [0.15, 0.2) is 0 Å². The molecule has 0 radical (unpaired) electrons. The van der Waals surface area contributed by atoms with Crippen molar-refractivity contribution >= 4 is 5.97 Å². The molecule has 1 saturated carbocycles. The van der Waals surface area contributed by atoms with Crippen molar-refractivity contribution in [2.75, 3.05) is 0 Å². The van der Waals surface area contributed by atoms with Crippen LogP contribution in [0.2, 0.25) is 0 Å². The topological polar surface area (TPSA) is 63.3 Å². The van der Waals surface area contributed by atoms with Crippen molar-refractivity contribution in [2.24, 2.45) is 5.73 Å². The maximum atomic E-state index is 10.6. The Morgan fingerprint density at radius 3 is 2.20 bits per heavy atom. The second-order valence-corrected chi connectivity index (χ2v) is 3.41. The van der Waals surface area contributed by atoms with Gasteiger partial charge in [0, 0.05) is 6.04 Å². The van der Waals surface area contributed by atoms with E-state index in [1.54, 1.807) is 0 Å². The zero-order valence-electron chi connectivity index (χ0n) is 8.18. The SMILES string of the molecule is C=C1CCC[C@@H](N)C1.O=C(O)C(F)(F)F. The molecule has 88 valence electrons. The number of carbonyl (C=O) groups is 1. The van der Waals surface area contributed by atoms with Gasteiger partial charge in [-0.2, -0.15) is 13.2 Å². The molecule has 6 heteroatoms. The molecule has 0 spiro atoms. The third-order valence-electron chi connectivity index (χ3n) is 1.90. The van der Waals surface area contributed by atoms with Crippen molar-refractivity contribution in [3.63, 3.8) is 0 Å². The van der Waals surface area contributed by atoms with Gasteiger partial charge in [0.2, 0.25) is 0 Å². The number of carboxylic acids is 1. The molecule has 1 aliphatic rings. The monoisotopic (exact) mass is 225 g/mol. The first kappa shape index (κ1) is 14.0. The Morgan fingerprint density at radius 1 is 1.53 bits per heavy atom. The van der Waals surface area contributed by atoms with Gasteiger partial charge in [-0.25, -0.2) is 4.79 Å². The molecular weight excluding hydrogens is 211 g/mol. The summed E-state index contributed by atoms with van der Waals surface area (Å²) in [5, 5.41) is 7.12. The largest absolute Gasteiger partial charge is 0.490 e. The van der Waals surface area contributed by atoms with Crippen LogP contribution >= 0.6 is 0 Å². The molecule has 0 unspecified atom stereocenters. The van der Waals surface area contributed by atoms with Crippen LogP contribution < -0.4 is 5.73 Å². The number of nitrogens with two attached hydrogens (primary N) is 1. The standard InChI is InChI=1S/C7H13N.C2HF3O2/c1-6-3-2-4-7(8)5-6;3-2(4,5)1(6)7/h7H,1-5,8H2;(H,6,7)/t7-;/m1./s1. The third-order valence-corrected chi connectivity index (χ3v) is 1.90. The van der Waals surface area contributed by atoms with Gasteiger partial charge in [-0.05, 0) is 25.7 Å². The normalized spacial score (nSPS) is 21.6. The lowest BCUT2D eigenvalue weighted by molar-refractivity contribution is -0.192. The van der Waals surface area contributed by atoms with Gasteiger partial charge < -0.3 is 10.8 Å². The fourth-order valence-electron chi connectivity index (χ4n) is 1.19. The molecule has 0 aromatic heterocycles. The number of hydrogen-bond acceptors (Lipinski definition) is 2. The summed E-state index contributed by atoms with van der Waals surface area (Å²) in [4.78, 5) is 8.90. The summed E-state index contributed by atoms with van der Waals surface area (Å²) in [5.41, 5.74) is 7.00. The van der Waals surface area contributed by atoms with E-state index in [9.17, 15) is 13.2 Å². The van der Waals surface area contributed by atoms with Crippen LogP contribution in [0, 0.1) is 0 Å². The number of hydrogen-bond donors (Lipinski definition) is 2. The minimum absolute atomic E-state index is 0.413. The zero-order chi connectivity index (χ0) is 12.1. The van der Waals surface area contributed by atoms with E-state index >= 15 is 0 Å². The lowest BCUT2D eigenvalue weighted by atomic mass is 9.93. The van der Waals surface area contributed by atoms with Gasteiger partial charge in [-0.3, -0.25) is 0 Å². The summed E-state index contributed by atoms with van der Waals surface area (Å²) < 4.78 is 31.7. The molecule has 0 heterocycles. The predicted molar refractivity (Wildman–Crippen MR) is 49.3 cm³/mol. The van der Waals surface area contributed by atoms with E-state index in [0.29, 0.717) is 6.04 Å². The van der Waals surface area contributed by atoms with Crippen molar-refractivity contribution < 1.29 is 23.1 Å². The minimum Gasteiger partial charge on any atom is -0.475 e. The Balaban J connectivity index is 0.000000265. The summed E-state index contributed by atoms with van der Waals surface area (Å²) in [5.74, 6) is -2.76. The van der Waals surface area contributed by atoms with Crippen LogP contribution in [0.1, 0.15) is 25.7 Å². The third kappa shape index (κ3) is 6.96. The van der Waals surface area contributed by atoms with Crippen LogP contribution in [0.25, 0.3) is 0 Å². The highest BCUT2D eigenvalue weighted by Crippen LogP contribution is 2.19. The van der Waals surface area contributed by atoms with Crippen LogP contribution in [0.4, 0.5) is 13.2 Å². The summed E-state index contributed by atoms with van der Waals surface area (Å²) in [6.45, 7) is 3.88. The number of halogens is 3. The fourth-order valence-corrected chi connectivity index (χ4v) is 1.19. The van der Waals surface area contributed by atoms with E-state index in [1.807, 2.05) is 0 Å². The van der Waals surface area contributed by atoms with Crippen molar-refractivity contribution in [2.45, 2.75) is 37.9 Å². The smallest absolute Gasteiger partial charge is 0.475 e. The quantitative estimate of drug-likeness (QED) is 0.620. The first-order valence-electron chi connectivity index (χ1n) is 4.46. The van der Waals surface area contributed by atoms with Gasteiger partial charge in [-0.1, -0.05) is 12.2 Å². The lowest BCUT2D eigenvalue weighted by Gasteiger charge is -2.18. The van der Waals surface area contributed by atoms with E-state index in [-0.39, 0.29) is 0 Å². The van der Waals surface area contributed by atoms with Crippen molar-refractivity contribution in [3.8, 4) is 0 Å². The average molecular weight is 225 g/mol. The number of carboxylic acid groups (broad SMARTS) is 1. The van der Waals surface area contributed by atoms with E-state index in [2.05, 4.69) is 6.58 Å². The molecule has 15 heavy (non-hydrogen) atoms. The van der Waals surface area contributed by atoms with Gasteiger partial charge in [-0.15, -0.1) is 0 Å². The Morgan fingerprint density at radius 2 is 2.00 bits per heavy atom. The Labute approximate surface area is 85.8 Å². The lowest BCUT2D eigenvalue weighted by Crippen LogP contribution is -2.23.